The van der Waals surface area contributed by atoms with Gasteiger partial charge in [0.1, 0.15) is 23.2 Å². The van der Waals surface area contributed by atoms with Gasteiger partial charge in [0, 0.05) is 37.5 Å². The maximum atomic E-state index is 14.7. The van der Waals surface area contributed by atoms with E-state index in [-0.39, 0.29) is 24.4 Å². The molecular weight excluding hydrogens is 373 g/mol. The van der Waals surface area contributed by atoms with Crippen molar-refractivity contribution in [1.29, 1.82) is 0 Å². The molecule has 0 atom stereocenters. The zero-order valence-corrected chi connectivity index (χ0v) is 16.0. The predicted octanol–water partition coefficient (Wildman–Crippen LogP) is 3.10. The molecule has 3 heterocycles. The summed E-state index contributed by atoms with van der Waals surface area (Å²) in [5.41, 5.74) is 3.09. The highest BCUT2D eigenvalue weighted by Gasteiger charge is 2.33. The first kappa shape index (κ1) is 17.8. The minimum atomic E-state index is -0.374. The van der Waals surface area contributed by atoms with Crippen LogP contribution in [0.1, 0.15) is 40.7 Å². The van der Waals surface area contributed by atoms with Crippen LogP contribution in [0, 0.1) is 5.82 Å². The first-order valence-corrected chi connectivity index (χ1v) is 9.67. The molecular formula is C21H20FN5O2. The topological polar surface area (TPSA) is 73.1 Å². The minimum Gasteiger partial charge on any atom is -0.474 e. The van der Waals surface area contributed by atoms with Crippen molar-refractivity contribution in [3.8, 4) is 17.1 Å². The number of hydrogen-bond donors (Lipinski definition) is 0. The maximum absolute atomic E-state index is 14.7. The first-order chi connectivity index (χ1) is 14.1. The molecule has 5 rings (SSSR count). The van der Waals surface area contributed by atoms with Gasteiger partial charge in [-0.05, 0) is 37.0 Å². The van der Waals surface area contributed by atoms with E-state index in [9.17, 15) is 9.18 Å². The second-order valence-electron chi connectivity index (χ2n) is 7.57. The number of benzene rings is 1. The van der Waals surface area contributed by atoms with Crippen LogP contribution in [0.2, 0.25) is 0 Å². The molecule has 0 bridgehead atoms. The Balaban J connectivity index is 1.36. The molecule has 8 heteroatoms. The van der Waals surface area contributed by atoms with Crippen molar-refractivity contribution in [3.63, 3.8) is 0 Å². The Labute approximate surface area is 167 Å². The third-order valence-electron chi connectivity index (χ3n) is 5.51. The van der Waals surface area contributed by atoms with Gasteiger partial charge >= 0.3 is 0 Å². The van der Waals surface area contributed by atoms with E-state index in [0.717, 1.165) is 24.8 Å². The van der Waals surface area contributed by atoms with E-state index in [4.69, 9.17) is 4.74 Å². The average molecular weight is 393 g/mol. The largest absolute Gasteiger partial charge is 0.474 e. The van der Waals surface area contributed by atoms with Gasteiger partial charge in [-0.15, -0.1) is 5.10 Å². The lowest BCUT2D eigenvalue weighted by atomic mass is 9.96. The van der Waals surface area contributed by atoms with Crippen LogP contribution in [-0.4, -0.2) is 36.9 Å². The van der Waals surface area contributed by atoms with Crippen LogP contribution in [0.4, 0.5) is 4.39 Å². The molecule has 148 valence electrons. The normalized spacial score (nSPS) is 16.1. The molecule has 0 radical (unpaired) electrons. The second-order valence-corrected chi connectivity index (χ2v) is 7.57. The van der Waals surface area contributed by atoms with Gasteiger partial charge in [0.2, 0.25) is 5.88 Å². The smallest absolute Gasteiger partial charge is 0.260 e. The lowest BCUT2D eigenvalue weighted by Gasteiger charge is -2.26. The first-order valence-electron chi connectivity index (χ1n) is 9.67. The standard InChI is InChI=1S/C21H20FN5O2/c1-26-12-18(24-25-26)13-5-6-14(17(22)9-13)10-27-11-15-7-8-23-20(19(15)21(27)28)29-16-3-2-4-16/h5-9,12,16H,2-4,10-11H2,1H3. The van der Waals surface area contributed by atoms with Crippen LogP contribution in [0.25, 0.3) is 11.3 Å². The zero-order valence-electron chi connectivity index (χ0n) is 16.0. The molecule has 1 aliphatic carbocycles. The monoisotopic (exact) mass is 393 g/mol. The Hall–Kier alpha value is -3.29. The lowest BCUT2D eigenvalue weighted by molar-refractivity contribution is 0.0749. The average Bonchev–Trinajstić information content (AvgIpc) is 3.24. The highest BCUT2D eigenvalue weighted by atomic mass is 19.1. The summed E-state index contributed by atoms with van der Waals surface area (Å²) < 4.78 is 22.2. The SMILES string of the molecule is Cn1cc(-c2ccc(CN3Cc4ccnc(OC5CCC5)c4C3=O)c(F)c2)nn1. The molecule has 1 aromatic carbocycles. The van der Waals surface area contributed by atoms with Gasteiger partial charge in [-0.1, -0.05) is 17.3 Å². The summed E-state index contributed by atoms with van der Waals surface area (Å²) in [6.07, 6.45) is 6.66. The van der Waals surface area contributed by atoms with Gasteiger partial charge in [-0.2, -0.15) is 0 Å². The molecule has 1 amide bonds. The van der Waals surface area contributed by atoms with Crippen LogP contribution >= 0.6 is 0 Å². The fraction of sp³-hybridized carbons (Fsp3) is 0.333. The van der Waals surface area contributed by atoms with Crippen LogP contribution < -0.4 is 4.74 Å². The van der Waals surface area contributed by atoms with Gasteiger partial charge < -0.3 is 9.64 Å². The van der Waals surface area contributed by atoms with Crippen LogP contribution in [0.15, 0.2) is 36.7 Å². The van der Waals surface area contributed by atoms with Crippen molar-refractivity contribution in [2.24, 2.45) is 7.05 Å². The van der Waals surface area contributed by atoms with Crippen molar-refractivity contribution in [3.05, 3.63) is 59.2 Å². The molecule has 2 aliphatic rings. The van der Waals surface area contributed by atoms with Crippen molar-refractivity contribution in [2.45, 2.75) is 38.5 Å². The number of ether oxygens (including phenoxy) is 1. The van der Waals surface area contributed by atoms with E-state index in [2.05, 4.69) is 15.3 Å². The molecule has 1 aliphatic heterocycles. The molecule has 1 saturated carbocycles. The molecule has 0 N–H and O–H groups in total. The molecule has 0 unspecified atom stereocenters. The summed E-state index contributed by atoms with van der Waals surface area (Å²) >= 11 is 0. The van der Waals surface area contributed by atoms with Crippen molar-refractivity contribution < 1.29 is 13.9 Å². The number of pyridine rings is 1. The molecule has 29 heavy (non-hydrogen) atoms. The van der Waals surface area contributed by atoms with E-state index in [1.165, 1.54) is 6.07 Å². The molecule has 7 nitrogen and oxygen atoms in total. The number of carbonyl (C=O) groups excluding carboxylic acids is 1. The quantitative estimate of drug-likeness (QED) is 0.666. The van der Waals surface area contributed by atoms with E-state index >= 15 is 0 Å². The molecule has 1 fully saturated rings. The number of aromatic nitrogens is 4. The van der Waals surface area contributed by atoms with Crippen molar-refractivity contribution in [2.75, 3.05) is 0 Å². The third-order valence-corrected chi connectivity index (χ3v) is 5.51. The summed E-state index contributed by atoms with van der Waals surface area (Å²) in [5.74, 6) is -0.140. The van der Waals surface area contributed by atoms with Crippen molar-refractivity contribution >= 4 is 5.91 Å². The maximum Gasteiger partial charge on any atom is 0.260 e. The summed E-state index contributed by atoms with van der Waals surface area (Å²) in [6.45, 7) is 0.603. The fourth-order valence-corrected chi connectivity index (χ4v) is 3.66. The number of aryl methyl sites for hydroxylation is 1. The summed E-state index contributed by atoms with van der Waals surface area (Å²) in [6, 6.07) is 6.75. The van der Waals surface area contributed by atoms with Gasteiger partial charge in [0.25, 0.3) is 5.91 Å². The number of hydrogen-bond acceptors (Lipinski definition) is 5. The molecule has 0 saturated heterocycles. The minimum absolute atomic E-state index is 0.141. The molecule has 2 aromatic heterocycles. The van der Waals surface area contributed by atoms with Crippen LogP contribution in [0.5, 0.6) is 5.88 Å². The Morgan fingerprint density at radius 1 is 1.28 bits per heavy atom. The Bertz CT molecular complexity index is 1090. The Morgan fingerprint density at radius 3 is 2.83 bits per heavy atom. The number of carbonyl (C=O) groups is 1. The van der Waals surface area contributed by atoms with E-state index in [1.54, 1.807) is 41.2 Å². The lowest BCUT2D eigenvalue weighted by Crippen LogP contribution is -2.27. The van der Waals surface area contributed by atoms with Gasteiger partial charge in [0.05, 0.1) is 6.20 Å². The Morgan fingerprint density at radius 2 is 2.14 bits per heavy atom. The third kappa shape index (κ3) is 3.24. The van der Waals surface area contributed by atoms with E-state index in [0.29, 0.717) is 34.8 Å². The molecule has 3 aromatic rings. The summed E-state index contributed by atoms with van der Waals surface area (Å²) in [4.78, 5) is 18.9. The van der Waals surface area contributed by atoms with Crippen LogP contribution in [0.3, 0.4) is 0 Å². The number of halogens is 1. The van der Waals surface area contributed by atoms with E-state index in [1.807, 2.05) is 6.07 Å². The zero-order chi connectivity index (χ0) is 20.0. The second kappa shape index (κ2) is 6.95. The highest BCUT2D eigenvalue weighted by molar-refractivity contribution is 6.00. The van der Waals surface area contributed by atoms with Gasteiger partial charge in [-0.3, -0.25) is 9.48 Å². The molecule has 0 spiro atoms. The van der Waals surface area contributed by atoms with Gasteiger partial charge in [-0.25, -0.2) is 9.37 Å². The Kier molecular flexibility index (Phi) is 4.26. The summed E-state index contributed by atoms with van der Waals surface area (Å²) in [5, 5.41) is 7.88. The number of rotatable bonds is 5. The van der Waals surface area contributed by atoms with E-state index < -0.39 is 0 Å². The summed E-state index contributed by atoms with van der Waals surface area (Å²) in [7, 11) is 1.76. The van der Waals surface area contributed by atoms with Gasteiger partial charge in [0.15, 0.2) is 0 Å². The predicted molar refractivity (Wildman–Crippen MR) is 102 cm³/mol. The van der Waals surface area contributed by atoms with Crippen LogP contribution in [-0.2, 0) is 20.1 Å². The number of amides is 1. The number of nitrogens with zero attached hydrogens (tertiary/aromatic N) is 5. The number of fused-ring (bicyclic) bond motifs is 1. The van der Waals surface area contributed by atoms with Crippen molar-refractivity contribution in [1.82, 2.24) is 24.9 Å². The highest BCUT2D eigenvalue weighted by Crippen LogP contribution is 2.33. The fourth-order valence-electron chi connectivity index (χ4n) is 3.66.